The molecule has 10 heteroatoms. The van der Waals surface area contributed by atoms with Crippen molar-refractivity contribution in [2.24, 2.45) is 5.16 Å². The van der Waals surface area contributed by atoms with Gasteiger partial charge in [-0.25, -0.2) is 8.78 Å². The Balaban J connectivity index is 2.13. The van der Waals surface area contributed by atoms with Crippen LogP contribution in [0.4, 0.5) is 8.78 Å². The molecule has 1 aromatic rings. The molecular formula is C13H17BF2N2O5. The van der Waals surface area contributed by atoms with Gasteiger partial charge >= 0.3 is 0 Å². The summed E-state index contributed by atoms with van der Waals surface area (Å²) in [5.74, 6) is -4.63. The van der Waals surface area contributed by atoms with E-state index in [4.69, 9.17) is 20.2 Å². The molecule has 1 aliphatic heterocycles. The number of hydrogen-bond donors (Lipinski definition) is 4. The predicted octanol–water partition coefficient (Wildman–Crippen LogP) is -1.03. The van der Waals surface area contributed by atoms with Crippen LogP contribution in [0.1, 0.15) is 17.9 Å². The fourth-order valence-corrected chi connectivity index (χ4v) is 2.29. The lowest BCUT2D eigenvalue weighted by atomic mass is 9.96. The number of oxime groups is 1. The highest BCUT2D eigenvalue weighted by Gasteiger charge is 2.29. The molecule has 4 N–H and O–H groups in total. The maximum Gasteiger partial charge on any atom is 0.266 e. The van der Waals surface area contributed by atoms with Crippen molar-refractivity contribution in [1.82, 2.24) is 5.32 Å². The summed E-state index contributed by atoms with van der Waals surface area (Å²) in [5, 5.41) is 33.4. The van der Waals surface area contributed by atoms with Gasteiger partial charge in [0.2, 0.25) is 7.85 Å². The first-order valence-corrected chi connectivity index (χ1v) is 6.96. The lowest BCUT2D eigenvalue weighted by Crippen LogP contribution is -2.35. The molecule has 2 rings (SSSR count). The van der Waals surface area contributed by atoms with Crippen molar-refractivity contribution in [2.45, 2.75) is 18.2 Å². The standard InChI is InChI=1S/C13H17BF2N2O5/c14-13(20,21)23-8-4-9(15)12(10(16)5-8)7-3-11(17-6-7)18-22-2-1-19/h4-5,7,19-21H,1-3,6,14H2,(H,17,18)/t7-/m0/s1. The second-order valence-corrected chi connectivity index (χ2v) is 5.21. The molecule has 0 unspecified atom stereocenters. The number of aliphatic hydroxyl groups is 3. The normalized spacial score (nSPS) is 19.7. The van der Waals surface area contributed by atoms with Crippen molar-refractivity contribution in [3.63, 3.8) is 0 Å². The minimum atomic E-state index is -2.53. The smallest absolute Gasteiger partial charge is 0.266 e. The van der Waals surface area contributed by atoms with E-state index in [9.17, 15) is 8.78 Å². The summed E-state index contributed by atoms with van der Waals surface area (Å²) in [7, 11) is 0.923. The molecule has 126 valence electrons. The third-order valence-electron chi connectivity index (χ3n) is 3.12. The van der Waals surface area contributed by atoms with Gasteiger partial charge < -0.3 is 30.2 Å². The van der Waals surface area contributed by atoms with Gasteiger partial charge in [0.15, 0.2) is 0 Å². The average molecular weight is 330 g/mol. The van der Waals surface area contributed by atoms with Crippen LogP contribution in [-0.4, -0.2) is 54.6 Å². The Morgan fingerprint density at radius 2 is 2.00 bits per heavy atom. The largest absolute Gasteiger partial charge is 0.448 e. The number of nitrogens with zero attached hydrogens (tertiary/aromatic N) is 1. The first-order valence-electron chi connectivity index (χ1n) is 6.96. The molecule has 7 nitrogen and oxygen atoms in total. The Kier molecular flexibility index (Phi) is 5.40. The van der Waals surface area contributed by atoms with Crippen LogP contribution in [-0.2, 0) is 4.84 Å². The quantitative estimate of drug-likeness (QED) is 0.230. The number of rotatable bonds is 6. The van der Waals surface area contributed by atoms with Crippen molar-refractivity contribution in [3.8, 4) is 5.75 Å². The summed E-state index contributed by atoms with van der Waals surface area (Å²) in [6, 6.07) is 1.78. The summed E-state index contributed by atoms with van der Waals surface area (Å²) >= 11 is 0. The molecular weight excluding hydrogens is 313 g/mol. The second-order valence-electron chi connectivity index (χ2n) is 5.21. The minimum absolute atomic E-state index is 0.0334. The van der Waals surface area contributed by atoms with E-state index in [0.29, 0.717) is 5.84 Å². The Morgan fingerprint density at radius 1 is 1.35 bits per heavy atom. The van der Waals surface area contributed by atoms with Gasteiger partial charge in [-0.05, 0) is 0 Å². The molecule has 0 bridgehead atoms. The summed E-state index contributed by atoms with van der Waals surface area (Å²) in [6.45, 7) is 0.123. The maximum atomic E-state index is 14.2. The van der Waals surface area contributed by atoms with Crippen LogP contribution in [0.5, 0.6) is 5.75 Å². The molecule has 0 saturated carbocycles. The molecule has 1 saturated heterocycles. The molecule has 0 radical (unpaired) electrons. The lowest BCUT2D eigenvalue weighted by Gasteiger charge is -2.19. The third-order valence-corrected chi connectivity index (χ3v) is 3.12. The maximum absolute atomic E-state index is 14.2. The highest BCUT2D eigenvalue weighted by molar-refractivity contribution is 6.12. The SMILES string of the molecule is BC(O)(O)Oc1cc(F)c([C@@H]2CN/C(=N\OCCO)C2)c(F)c1. The van der Waals surface area contributed by atoms with Gasteiger partial charge in [-0.2, -0.15) is 0 Å². The molecule has 0 aromatic heterocycles. The molecule has 0 spiro atoms. The van der Waals surface area contributed by atoms with E-state index in [1.165, 1.54) is 0 Å². The Labute approximate surface area is 131 Å². The predicted molar refractivity (Wildman–Crippen MR) is 78.5 cm³/mol. The number of ether oxygens (including phenoxy) is 1. The number of benzene rings is 1. The Morgan fingerprint density at radius 3 is 2.57 bits per heavy atom. The van der Waals surface area contributed by atoms with E-state index in [1.807, 2.05) is 0 Å². The van der Waals surface area contributed by atoms with Crippen molar-refractivity contribution in [2.75, 3.05) is 19.8 Å². The fourth-order valence-electron chi connectivity index (χ4n) is 2.29. The van der Waals surface area contributed by atoms with Gasteiger partial charge in [0.25, 0.3) is 5.87 Å². The van der Waals surface area contributed by atoms with Crippen LogP contribution >= 0.6 is 0 Å². The van der Waals surface area contributed by atoms with E-state index < -0.39 is 23.4 Å². The van der Waals surface area contributed by atoms with Crippen molar-refractivity contribution in [1.29, 1.82) is 0 Å². The van der Waals surface area contributed by atoms with Gasteiger partial charge in [0, 0.05) is 36.6 Å². The van der Waals surface area contributed by atoms with Crippen molar-refractivity contribution in [3.05, 3.63) is 29.3 Å². The van der Waals surface area contributed by atoms with Gasteiger partial charge in [0.05, 0.1) is 6.61 Å². The molecule has 1 fully saturated rings. The van der Waals surface area contributed by atoms with Crippen molar-refractivity contribution < 1.29 is 33.7 Å². The van der Waals surface area contributed by atoms with E-state index in [2.05, 4.69) is 15.2 Å². The van der Waals surface area contributed by atoms with Crippen LogP contribution in [0, 0.1) is 11.6 Å². The summed E-state index contributed by atoms with van der Waals surface area (Å²) in [6.07, 6.45) is 0.247. The number of nitrogens with one attached hydrogen (secondary N) is 1. The van der Waals surface area contributed by atoms with E-state index in [-0.39, 0.29) is 37.5 Å². The highest BCUT2D eigenvalue weighted by Crippen LogP contribution is 2.31. The van der Waals surface area contributed by atoms with Crippen LogP contribution in [0.2, 0.25) is 0 Å². The lowest BCUT2D eigenvalue weighted by molar-refractivity contribution is -0.223. The fraction of sp³-hybridized carbons (Fsp3) is 0.462. The summed E-state index contributed by atoms with van der Waals surface area (Å²) in [4.78, 5) is 4.80. The van der Waals surface area contributed by atoms with Gasteiger partial charge in [-0.15, -0.1) is 0 Å². The highest BCUT2D eigenvalue weighted by atomic mass is 19.1. The average Bonchev–Trinajstić information content (AvgIpc) is 2.84. The zero-order chi connectivity index (χ0) is 17.0. The van der Waals surface area contributed by atoms with Crippen molar-refractivity contribution >= 4 is 13.7 Å². The van der Waals surface area contributed by atoms with Crippen LogP contribution < -0.4 is 10.1 Å². The topological polar surface area (TPSA) is 104 Å². The van der Waals surface area contributed by atoms with E-state index in [1.54, 1.807) is 0 Å². The number of amidine groups is 1. The van der Waals surface area contributed by atoms with Crippen LogP contribution in [0.25, 0.3) is 0 Å². The minimum Gasteiger partial charge on any atom is -0.448 e. The van der Waals surface area contributed by atoms with Gasteiger partial charge in [-0.1, -0.05) is 5.16 Å². The zero-order valence-electron chi connectivity index (χ0n) is 12.4. The monoisotopic (exact) mass is 330 g/mol. The summed E-state index contributed by atoms with van der Waals surface area (Å²) in [5.41, 5.74) is -0.144. The molecule has 1 aromatic carbocycles. The summed E-state index contributed by atoms with van der Waals surface area (Å²) < 4.78 is 32.9. The molecule has 1 heterocycles. The van der Waals surface area contributed by atoms with E-state index >= 15 is 0 Å². The Bertz CT molecular complexity index is 571. The molecule has 1 atom stereocenters. The number of halogens is 2. The van der Waals surface area contributed by atoms with E-state index in [0.717, 1.165) is 20.0 Å². The molecule has 1 aliphatic rings. The molecule has 0 aliphatic carbocycles. The molecule has 23 heavy (non-hydrogen) atoms. The zero-order valence-corrected chi connectivity index (χ0v) is 12.4. The Hall–Kier alpha value is -1.91. The van der Waals surface area contributed by atoms with Gasteiger partial charge in [-0.3, -0.25) is 0 Å². The van der Waals surface area contributed by atoms with Gasteiger partial charge in [0.1, 0.15) is 29.8 Å². The first-order chi connectivity index (χ1) is 10.8. The van der Waals surface area contributed by atoms with Crippen LogP contribution in [0.3, 0.4) is 0 Å². The second kappa shape index (κ2) is 7.11. The first kappa shape index (κ1) is 17.4. The number of hydrogen-bond acceptors (Lipinski definition) is 6. The third kappa shape index (κ3) is 4.78. The molecule has 0 amide bonds. The number of aliphatic hydroxyl groups excluding tert-OH is 1. The van der Waals surface area contributed by atoms with Crippen LogP contribution in [0.15, 0.2) is 17.3 Å².